The molecule has 0 atom stereocenters. The first-order valence-corrected chi connectivity index (χ1v) is 7.00. The van der Waals surface area contributed by atoms with E-state index < -0.39 is 0 Å². The van der Waals surface area contributed by atoms with Crippen molar-refractivity contribution in [3.8, 4) is 0 Å². The van der Waals surface area contributed by atoms with Crippen molar-refractivity contribution in [1.82, 2.24) is 20.4 Å². The topological polar surface area (TPSA) is 54.2 Å². The number of aromatic nitrogens is 2. The number of hydrogen-bond acceptors (Lipinski definition) is 5. The molecule has 5 nitrogen and oxygen atoms in total. The minimum absolute atomic E-state index is 0.656. The van der Waals surface area contributed by atoms with Crippen LogP contribution in [0.1, 0.15) is 37.9 Å². The van der Waals surface area contributed by atoms with Gasteiger partial charge in [0.2, 0.25) is 5.89 Å². The molecular weight excluding hydrogens is 228 g/mol. The maximum Gasteiger partial charge on any atom is 0.223 e. The van der Waals surface area contributed by atoms with Crippen LogP contribution in [0.2, 0.25) is 0 Å². The van der Waals surface area contributed by atoms with Gasteiger partial charge < -0.3 is 9.84 Å². The summed E-state index contributed by atoms with van der Waals surface area (Å²) in [6, 6.07) is 0. The summed E-state index contributed by atoms with van der Waals surface area (Å²) in [6.07, 6.45) is 3.76. The van der Waals surface area contributed by atoms with Gasteiger partial charge in [-0.2, -0.15) is 4.98 Å². The van der Waals surface area contributed by atoms with Gasteiger partial charge >= 0.3 is 0 Å². The predicted molar refractivity (Wildman–Crippen MR) is 70.2 cm³/mol. The molecule has 102 valence electrons. The second kappa shape index (κ2) is 6.85. The number of rotatable bonds is 6. The van der Waals surface area contributed by atoms with Crippen molar-refractivity contribution in [2.45, 2.75) is 39.7 Å². The SMILES string of the molecule is CCCNCC1CCN(Cc2noc(C)n2)CC1. The fourth-order valence-corrected chi connectivity index (χ4v) is 2.44. The van der Waals surface area contributed by atoms with Crippen LogP contribution in [0.15, 0.2) is 4.52 Å². The molecule has 1 aromatic rings. The maximum absolute atomic E-state index is 4.99. The molecule has 5 heteroatoms. The van der Waals surface area contributed by atoms with E-state index in [9.17, 15) is 0 Å². The Morgan fingerprint density at radius 3 is 2.78 bits per heavy atom. The smallest absolute Gasteiger partial charge is 0.223 e. The van der Waals surface area contributed by atoms with E-state index in [4.69, 9.17) is 4.52 Å². The highest BCUT2D eigenvalue weighted by molar-refractivity contribution is 4.85. The lowest BCUT2D eigenvalue weighted by molar-refractivity contribution is 0.170. The molecule has 1 saturated heterocycles. The van der Waals surface area contributed by atoms with Gasteiger partial charge in [0, 0.05) is 6.92 Å². The highest BCUT2D eigenvalue weighted by Gasteiger charge is 2.20. The Morgan fingerprint density at radius 2 is 2.17 bits per heavy atom. The molecule has 1 aromatic heterocycles. The Morgan fingerprint density at radius 1 is 1.39 bits per heavy atom. The molecule has 0 saturated carbocycles. The van der Waals surface area contributed by atoms with E-state index in [2.05, 4.69) is 27.3 Å². The number of hydrogen-bond donors (Lipinski definition) is 1. The van der Waals surface area contributed by atoms with Crippen molar-refractivity contribution in [3.63, 3.8) is 0 Å². The number of nitrogens with one attached hydrogen (secondary N) is 1. The molecule has 2 heterocycles. The van der Waals surface area contributed by atoms with Crippen LogP contribution in [0.5, 0.6) is 0 Å². The van der Waals surface area contributed by atoms with Crippen LogP contribution in [0, 0.1) is 12.8 Å². The molecule has 0 amide bonds. The second-order valence-corrected chi connectivity index (χ2v) is 5.15. The molecule has 0 bridgehead atoms. The summed E-state index contributed by atoms with van der Waals surface area (Å²) in [4.78, 5) is 6.67. The van der Waals surface area contributed by atoms with Crippen LogP contribution in [-0.4, -0.2) is 41.2 Å². The van der Waals surface area contributed by atoms with Gasteiger partial charge in [0.05, 0.1) is 6.54 Å². The Labute approximate surface area is 109 Å². The monoisotopic (exact) mass is 252 g/mol. The third-order valence-corrected chi connectivity index (χ3v) is 3.50. The summed E-state index contributed by atoms with van der Waals surface area (Å²) in [5.74, 6) is 2.30. The van der Waals surface area contributed by atoms with Crippen LogP contribution < -0.4 is 5.32 Å². The fourth-order valence-electron chi connectivity index (χ4n) is 2.44. The van der Waals surface area contributed by atoms with E-state index in [1.807, 2.05) is 6.92 Å². The zero-order valence-corrected chi connectivity index (χ0v) is 11.5. The number of aryl methyl sites for hydroxylation is 1. The average molecular weight is 252 g/mol. The van der Waals surface area contributed by atoms with Crippen molar-refractivity contribution < 1.29 is 4.52 Å². The third-order valence-electron chi connectivity index (χ3n) is 3.50. The van der Waals surface area contributed by atoms with E-state index in [1.165, 1.54) is 25.8 Å². The second-order valence-electron chi connectivity index (χ2n) is 5.15. The molecule has 1 aliphatic heterocycles. The molecular formula is C13H24N4O. The minimum Gasteiger partial charge on any atom is -0.340 e. The summed E-state index contributed by atoms with van der Waals surface area (Å²) in [5.41, 5.74) is 0. The van der Waals surface area contributed by atoms with Gasteiger partial charge in [-0.1, -0.05) is 12.1 Å². The van der Waals surface area contributed by atoms with E-state index in [0.29, 0.717) is 5.89 Å². The van der Waals surface area contributed by atoms with Gasteiger partial charge in [-0.3, -0.25) is 4.90 Å². The maximum atomic E-state index is 4.99. The molecule has 1 fully saturated rings. The largest absolute Gasteiger partial charge is 0.340 e. The summed E-state index contributed by atoms with van der Waals surface area (Å²) in [5, 5.41) is 7.46. The van der Waals surface area contributed by atoms with Gasteiger partial charge in [-0.25, -0.2) is 0 Å². The zero-order valence-electron chi connectivity index (χ0n) is 11.5. The number of nitrogens with zero attached hydrogens (tertiary/aromatic N) is 3. The van der Waals surface area contributed by atoms with Gasteiger partial charge in [0.15, 0.2) is 5.82 Å². The van der Waals surface area contributed by atoms with E-state index in [0.717, 1.165) is 37.9 Å². The first kappa shape index (κ1) is 13.5. The van der Waals surface area contributed by atoms with E-state index in [-0.39, 0.29) is 0 Å². The van der Waals surface area contributed by atoms with Crippen molar-refractivity contribution in [1.29, 1.82) is 0 Å². The van der Waals surface area contributed by atoms with Gasteiger partial charge in [0.1, 0.15) is 0 Å². The van der Waals surface area contributed by atoms with Crippen molar-refractivity contribution in [3.05, 3.63) is 11.7 Å². The number of piperidine rings is 1. The molecule has 1 aliphatic rings. The zero-order chi connectivity index (χ0) is 12.8. The standard InChI is InChI=1S/C13H24N4O/c1-3-6-14-9-12-4-7-17(8-5-12)10-13-15-11(2)18-16-13/h12,14H,3-10H2,1-2H3. The van der Waals surface area contributed by atoms with Crippen LogP contribution in [0.4, 0.5) is 0 Å². The molecule has 0 radical (unpaired) electrons. The molecule has 18 heavy (non-hydrogen) atoms. The molecule has 1 N–H and O–H groups in total. The Balaban J connectivity index is 1.67. The van der Waals surface area contributed by atoms with E-state index >= 15 is 0 Å². The highest BCUT2D eigenvalue weighted by atomic mass is 16.5. The van der Waals surface area contributed by atoms with E-state index in [1.54, 1.807) is 0 Å². The molecule has 0 aromatic carbocycles. The Kier molecular flexibility index (Phi) is 5.13. The predicted octanol–water partition coefficient (Wildman–Crippen LogP) is 1.59. The van der Waals surface area contributed by atoms with Gasteiger partial charge in [-0.05, 0) is 51.4 Å². The third kappa shape index (κ3) is 4.07. The van der Waals surface area contributed by atoms with Crippen LogP contribution >= 0.6 is 0 Å². The lowest BCUT2D eigenvalue weighted by Gasteiger charge is -2.31. The highest BCUT2D eigenvalue weighted by Crippen LogP contribution is 2.17. The van der Waals surface area contributed by atoms with Crippen molar-refractivity contribution >= 4 is 0 Å². The van der Waals surface area contributed by atoms with Crippen LogP contribution in [-0.2, 0) is 6.54 Å². The Bertz CT molecular complexity index is 345. The minimum atomic E-state index is 0.656. The summed E-state index contributed by atoms with van der Waals surface area (Å²) >= 11 is 0. The van der Waals surface area contributed by atoms with Crippen molar-refractivity contribution in [2.24, 2.45) is 5.92 Å². The lowest BCUT2D eigenvalue weighted by Crippen LogP contribution is -2.37. The molecule has 0 unspecified atom stereocenters. The molecule has 0 spiro atoms. The normalized spacial score (nSPS) is 18.3. The lowest BCUT2D eigenvalue weighted by atomic mass is 9.97. The average Bonchev–Trinajstić information content (AvgIpc) is 2.77. The van der Waals surface area contributed by atoms with Gasteiger partial charge in [-0.15, -0.1) is 0 Å². The van der Waals surface area contributed by atoms with Crippen molar-refractivity contribution in [2.75, 3.05) is 26.2 Å². The first-order valence-electron chi connectivity index (χ1n) is 7.00. The van der Waals surface area contributed by atoms with Crippen LogP contribution in [0.25, 0.3) is 0 Å². The molecule has 2 rings (SSSR count). The summed E-state index contributed by atoms with van der Waals surface area (Å²) < 4.78 is 4.99. The fraction of sp³-hybridized carbons (Fsp3) is 0.846. The first-order chi connectivity index (χ1) is 8.78. The quantitative estimate of drug-likeness (QED) is 0.779. The number of likely N-dealkylation sites (tertiary alicyclic amines) is 1. The molecule has 0 aliphatic carbocycles. The summed E-state index contributed by atoms with van der Waals surface area (Å²) in [6.45, 7) is 9.47. The summed E-state index contributed by atoms with van der Waals surface area (Å²) in [7, 11) is 0. The Hall–Kier alpha value is -0.940. The van der Waals surface area contributed by atoms with Gasteiger partial charge in [0.25, 0.3) is 0 Å². The van der Waals surface area contributed by atoms with Crippen LogP contribution in [0.3, 0.4) is 0 Å².